The van der Waals surface area contributed by atoms with Crippen molar-refractivity contribution in [2.24, 2.45) is 11.8 Å². The Balaban J connectivity index is 1.87. The van der Waals surface area contributed by atoms with Crippen LogP contribution in [0.2, 0.25) is 0 Å². The number of fused-ring (bicyclic) bond motifs is 1. The normalized spacial score (nSPS) is 31.0. The van der Waals surface area contributed by atoms with Gasteiger partial charge in [0.05, 0.1) is 18.6 Å². The molecule has 2 fully saturated rings. The fourth-order valence-electron chi connectivity index (χ4n) is 3.49. The number of nitrogens with zero attached hydrogens (tertiary/aromatic N) is 1. The molecule has 2 aliphatic heterocycles. The average Bonchev–Trinajstić information content (AvgIpc) is 3.14. The van der Waals surface area contributed by atoms with E-state index in [0.717, 1.165) is 25.9 Å². The molecular weight excluding hydrogens is 326 g/mol. The molecule has 0 aromatic rings. The van der Waals surface area contributed by atoms with Gasteiger partial charge >= 0.3 is 11.9 Å². The summed E-state index contributed by atoms with van der Waals surface area (Å²) in [5, 5.41) is 20.5. The van der Waals surface area contributed by atoms with Crippen molar-refractivity contribution in [2.75, 3.05) is 19.7 Å². The van der Waals surface area contributed by atoms with Crippen LogP contribution in [0.25, 0.3) is 0 Å². The summed E-state index contributed by atoms with van der Waals surface area (Å²) in [5.41, 5.74) is -1.91. The first-order valence-electron chi connectivity index (χ1n) is 9.20. The number of hydrogen-bond donors (Lipinski definition) is 2. The molecular formula is C18H31NO6. The Labute approximate surface area is 149 Å². The van der Waals surface area contributed by atoms with Crippen molar-refractivity contribution < 1.29 is 29.3 Å². The van der Waals surface area contributed by atoms with Gasteiger partial charge in [0.25, 0.3) is 0 Å². The minimum Gasteiger partial charge on any atom is -0.463 e. The van der Waals surface area contributed by atoms with Crippen LogP contribution < -0.4 is 0 Å². The Hall–Kier alpha value is -1.18. The smallest absolute Gasteiger partial charge is 0.341 e. The summed E-state index contributed by atoms with van der Waals surface area (Å²) >= 11 is 0. The van der Waals surface area contributed by atoms with E-state index in [9.17, 15) is 19.8 Å². The first-order chi connectivity index (χ1) is 11.7. The quantitative estimate of drug-likeness (QED) is 0.648. The molecule has 25 heavy (non-hydrogen) atoms. The molecule has 6 atom stereocenters. The number of carbonyl (C=O) groups excluding carboxylic acids is 2. The van der Waals surface area contributed by atoms with E-state index in [1.54, 1.807) is 6.92 Å². The largest absolute Gasteiger partial charge is 0.463 e. The number of ether oxygens (including phenoxy) is 2. The van der Waals surface area contributed by atoms with Crippen molar-refractivity contribution in [2.45, 2.75) is 70.8 Å². The highest BCUT2D eigenvalue weighted by Crippen LogP contribution is 2.33. The van der Waals surface area contributed by atoms with Gasteiger partial charge in [0.2, 0.25) is 0 Å². The van der Waals surface area contributed by atoms with E-state index in [4.69, 9.17) is 9.47 Å². The van der Waals surface area contributed by atoms with Crippen molar-refractivity contribution >= 4 is 11.9 Å². The summed E-state index contributed by atoms with van der Waals surface area (Å²) in [6.45, 7) is 8.31. The first-order valence-corrected chi connectivity index (χ1v) is 9.20. The molecule has 0 amide bonds. The van der Waals surface area contributed by atoms with Gasteiger partial charge in [0.1, 0.15) is 6.10 Å². The molecule has 0 aromatic heterocycles. The third-order valence-corrected chi connectivity index (χ3v) is 5.74. The van der Waals surface area contributed by atoms with Crippen LogP contribution in [0.15, 0.2) is 0 Å². The molecule has 0 bridgehead atoms. The molecule has 0 aromatic carbocycles. The average molecular weight is 357 g/mol. The summed E-state index contributed by atoms with van der Waals surface area (Å²) in [6, 6.07) is 0.0263. The maximum atomic E-state index is 12.3. The Morgan fingerprint density at radius 2 is 1.92 bits per heavy atom. The summed E-state index contributed by atoms with van der Waals surface area (Å²) in [4.78, 5) is 26.4. The zero-order valence-electron chi connectivity index (χ0n) is 15.6. The monoisotopic (exact) mass is 357 g/mol. The summed E-state index contributed by atoms with van der Waals surface area (Å²) in [7, 11) is 0. The molecule has 0 saturated carbocycles. The number of aliphatic hydroxyl groups is 2. The number of esters is 2. The minimum atomic E-state index is -1.91. The van der Waals surface area contributed by atoms with E-state index < -0.39 is 23.6 Å². The standard InChI is InChI=1S/C18H31NO6/c1-5-11(2)16(21)25-12(3)18(4,23)17(22)24-10-13-6-8-19-9-7-14(20)15(13)19/h11-15,20,23H,5-10H2,1-4H3/t11?,12-,13+,14+,15?,18-/m0/s1. The molecule has 0 spiro atoms. The highest BCUT2D eigenvalue weighted by atomic mass is 16.6. The van der Waals surface area contributed by atoms with Crippen molar-refractivity contribution in [1.29, 1.82) is 0 Å². The molecule has 2 saturated heterocycles. The fourth-order valence-corrected chi connectivity index (χ4v) is 3.49. The van der Waals surface area contributed by atoms with Gasteiger partial charge < -0.3 is 19.7 Å². The zero-order valence-corrected chi connectivity index (χ0v) is 15.6. The maximum Gasteiger partial charge on any atom is 0.341 e. The van der Waals surface area contributed by atoms with Crippen LogP contribution in [0.1, 0.15) is 47.0 Å². The van der Waals surface area contributed by atoms with Crippen molar-refractivity contribution in [3.8, 4) is 0 Å². The lowest BCUT2D eigenvalue weighted by atomic mass is 9.97. The number of rotatable bonds is 7. The maximum absolute atomic E-state index is 12.3. The van der Waals surface area contributed by atoms with Gasteiger partial charge in [0, 0.05) is 18.5 Å². The third kappa shape index (κ3) is 4.33. The van der Waals surface area contributed by atoms with Gasteiger partial charge in [-0.15, -0.1) is 0 Å². The van der Waals surface area contributed by atoms with E-state index >= 15 is 0 Å². The Bertz CT molecular complexity index is 494. The second kappa shape index (κ2) is 8.01. The lowest BCUT2D eigenvalue weighted by molar-refractivity contribution is -0.186. The SMILES string of the molecule is CCC(C)C(=O)O[C@@H](C)[C@](C)(O)C(=O)OC[C@H]1CCN2CC[C@@H](O)C12. The van der Waals surface area contributed by atoms with Crippen molar-refractivity contribution in [3.05, 3.63) is 0 Å². The Kier molecular flexibility index (Phi) is 6.45. The zero-order chi connectivity index (χ0) is 18.8. The number of aliphatic hydroxyl groups excluding tert-OH is 1. The molecule has 7 heteroatoms. The lowest BCUT2D eigenvalue weighted by Crippen LogP contribution is -2.49. The van der Waals surface area contributed by atoms with E-state index in [0.29, 0.717) is 6.42 Å². The molecule has 2 N–H and O–H groups in total. The summed E-state index contributed by atoms with van der Waals surface area (Å²) in [6.07, 6.45) is 0.839. The fraction of sp³-hybridized carbons (Fsp3) is 0.889. The summed E-state index contributed by atoms with van der Waals surface area (Å²) in [5.74, 6) is -1.47. The minimum absolute atomic E-state index is 0.0263. The molecule has 0 radical (unpaired) electrons. The van der Waals surface area contributed by atoms with Gasteiger partial charge in [-0.1, -0.05) is 13.8 Å². The predicted molar refractivity (Wildman–Crippen MR) is 90.7 cm³/mol. The molecule has 2 rings (SSSR count). The van der Waals surface area contributed by atoms with Gasteiger partial charge in [-0.3, -0.25) is 9.69 Å². The van der Waals surface area contributed by atoms with Crippen LogP contribution in [0.5, 0.6) is 0 Å². The third-order valence-electron chi connectivity index (χ3n) is 5.74. The van der Waals surface area contributed by atoms with Crippen LogP contribution in [-0.4, -0.2) is 70.6 Å². The van der Waals surface area contributed by atoms with Crippen molar-refractivity contribution in [3.63, 3.8) is 0 Å². The molecule has 7 nitrogen and oxygen atoms in total. The van der Waals surface area contributed by atoms with Crippen LogP contribution in [0, 0.1) is 11.8 Å². The van der Waals surface area contributed by atoms with Gasteiger partial charge in [-0.05, 0) is 39.7 Å². The number of carbonyl (C=O) groups is 2. The Morgan fingerprint density at radius 3 is 2.56 bits per heavy atom. The molecule has 0 aliphatic carbocycles. The van der Waals surface area contributed by atoms with Crippen LogP contribution in [0.4, 0.5) is 0 Å². The van der Waals surface area contributed by atoms with Crippen LogP contribution >= 0.6 is 0 Å². The van der Waals surface area contributed by atoms with Crippen LogP contribution in [0.3, 0.4) is 0 Å². The molecule has 144 valence electrons. The molecule has 2 heterocycles. The highest BCUT2D eigenvalue weighted by molar-refractivity contribution is 5.80. The van der Waals surface area contributed by atoms with Gasteiger partial charge in [-0.2, -0.15) is 0 Å². The van der Waals surface area contributed by atoms with Gasteiger partial charge in [0.15, 0.2) is 5.60 Å². The van der Waals surface area contributed by atoms with Crippen LogP contribution in [-0.2, 0) is 19.1 Å². The van der Waals surface area contributed by atoms with E-state index in [1.807, 2.05) is 6.92 Å². The topological polar surface area (TPSA) is 96.3 Å². The summed E-state index contributed by atoms with van der Waals surface area (Å²) < 4.78 is 10.5. The molecule has 2 aliphatic rings. The van der Waals surface area contributed by atoms with E-state index in [2.05, 4.69) is 4.90 Å². The second-order valence-electron chi connectivity index (χ2n) is 7.57. The lowest BCUT2D eigenvalue weighted by Gasteiger charge is -2.29. The molecule has 2 unspecified atom stereocenters. The Morgan fingerprint density at radius 1 is 1.28 bits per heavy atom. The van der Waals surface area contributed by atoms with Gasteiger partial charge in [-0.25, -0.2) is 4.79 Å². The van der Waals surface area contributed by atoms with E-state index in [-0.39, 0.29) is 30.6 Å². The second-order valence-corrected chi connectivity index (χ2v) is 7.57. The first kappa shape index (κ1) is 20.1. The predicted octanol–water partition coefficient (Wildman–Crippen LogP) is 0.714. The van der Waals surface area contributed by atoms with E-state index in [1.165, 1.54) is 13.8 Å². The highest BCUT2D eigenvalue weighted by Gasteiger charge is 2.45. The number of hydrogen-bond acceptors (Lipinski definition) is 7. The van der Waals surface area contributed by atoms with Crippen molar-refractivity contribution in [1.82, 2.24) is 4.90 Å².